The topological polar surface area (TPSA) is 80.3 Å². The summed E-state index contributed by atoms with van der Waals surface area (Å²) in [5, 5.41) is 6.26. The molecule has 2 N–H and O–H groups in total. The Kier molecular flexibility index (Phi) is 6.90. The Labute approximate surface area is 179 Å². The molecule has 1 atom stereocenters. The summed E-state index contributed by atoms with van der Waals surface area (Å²) in [6.07, 6.45) is 2.75. The third-order valence-corrected chi connectivity index (χ3v) is 5.92. The smallest absolute Gasteiger partial charge is 0.306 e. The van der Waals surface area contributed by atoms with Crippen LogP contribution in [0.1, 0.15) is 54.1 Å². The second-order valence-electron chi connectivity index (χ2n) is 7.69. The summed E-state index contributed by atoms with van der Waals surface area (Å²) >= 11 is 3.50. The molecule has 2 heterocycles. The van der Waals surface area contributed by atoms with Crippen LogP contribution in [0.25, 0.3) is 0 Å². The maximum atomic E-state index is 12.8. The van der Waals surface area contributed by atoms with Gasteiger partial charge in [0.1, 0.15) is 5.82 Å². The number of ether oxygens (including phenoxy) is 1. The number of hydrogen-bond donors (Lipinski definition) is 2. The molecule has 0 radical (unpaired) electrons. The number of halogens is 1. The summed E-state index contributed by atoms with van der Waals surface area (Å²) < 4.78 is 6.01. The Morgan fingerprint density at radius 1 is 1.34 bits per heavy atom. The Hall–Kier alpha value is -2.41. The van der Waals surface area contributed by atoms with E-state index in [2.05, 4.69) is 45.4 Å². The number of nitrogens with one attached hydrogen (secondary N) is 2. The number of cyclic esters (lactones) is 1. The first kappa shape index (κ1) is 21.3. The molecule has 7 heteroatoms. The van der Waals surface area contributed by atoms with Gasteiger partial charge in [0.25, 0.3) is 5.91 Å². The minimum Gasteiger partial charge on any atom is -0.466 e. The number of anilines is 2. The van der Waals surface area contributed by atoms with Gasteiger partial charge in [0.15, 0.2) is 0 Å². The molecule has 0 spiro atoms. The second-order valence-corrected chi connectivity index (χ2v) is 8.54. The molecule has 1 unspecified atom stereocenters. The summed E-state index contributed by atoms with van der Waals surface area (Å²) in [5.41, 5.74) is 3.56. The molecule has 1 fully saturated rings. The van der Waals surface area contributed by atoms with Gasteiger partial charge in [-0.15, -0.1) is 0 Å². The van der Waals surface area contributed by atoms with Crippen molar-refractivity contribution >= 4 is 39.3 Å². The Morgan fingerprint density at radius 2 is 2.14 bits per heavy atom. The van der Waals surface area contributed by atoms with Crippen LogP contribution < -0.4 is 10.6 Å². The zero-order valence-corrected chi connectivity index (χ0v) is 18.5. The Bertz CT molecular complexity index is 914. The molecular weight excluding hydrogens is 434 g/mol. The number of esters is 1. The zero-order chi connectivity index (χ0) is 21.0. The van der Waals surface area contributed by atoms with Gasteiger partial charge in [-0.2, -0.15) is 0 Å². The second kappa shape index (κ2) is 9.39. The van der Waals surface area contributed by atoms with Gasteiger partial charge in [0.05, 0.1) is 18.6 Å². The zero-order valence-electron chi connectivity index (χ0n) is 16.9. The summed E-state index contributed by atoms with van der Waals surface area (Å²) in [6.45, 7) is 7.02. The van der Waals surface area contributed by atoms with E-state index in [-0.39, 0.29) is 23.7 Å². The third-order valence-electron chi connectivity index (χ3n) is 5.03. The molecule has 1 aliphatic rings. The van der Waals surface area contributed by atoms with Crippen LogP contribution >= 0.6 is 15.9 Å². The Balaban J connectivity index is 1.72. The van der Waals surface area contributed by atoms with E-state index in [1.807, 2.05) is 31.2 Å². The highest BCUT2D eigenvalue weighted by Gasteiger charge is 2.22. The first-order valence-corrected chi connectivity index (χ1v) is 10.6. The maximum Gasteiger partial charge on any atom is 0.306 e. The van der Waals surface area contributed by atoms with E-state index in [1.165, 1.54) is 0 Å². The van der Waals surface area contributed by atoms with Gasteiger partial charge in [0, 0.05) is 22.9 Å². The number of carbonyl (C=O) groups is 2. The normalized spacial score (nSPS) is 16.4. The van der Waals surface area contributed by atoms with Crippen molar-refractivity contribution in [2.24, 2.45) is 5.92 Å². The van der Waals surface area contributed by atoms with E-state index in [9.17, 15) is 9.59 Å². The first-order valence-electron chi connectivity index (χ1n) is 9.80. The van der Waals surface area contributed by atoms with Crippen molar-refractivity contribution in [3.63, 3.8) is 0 Å². The van der Waals surface area contributed by atoms with Crippen LogP contribution in [0.15, 0.2) is 34.9 Å². The average molecular weight is 460 g/mol. The van der Waals surface area contributed by atoms with Crippen LogP contribution in [-0.2, 0) is 9.53 Å². The minimum absolute atomic E-state index is 0.122. The van der Waals surface area contributed by atoms with Crippen LogP contribution in [-0.4, -0.2) is 30.0 Å². The number of hydrogen-bond acceptors (Lipinski definition) is 5. The molecule has 6 nitrogen and oxygen atoms in total. The minimum atomic E-state index is -0.196. The molecule has 29 heavy (non-hydrogen) atoms. The summed E-state index contributed by atoms with van der Waals surface area (Å²) in [7, 11) is 0. The van der Waals surface area contributed by atoms with Crippen molar-refractivity contribution in [2.45, 2.75) is 39.5 Å². The molecule has 1 aromatic heterocycles. The van der Waals surface area contributed by atoms with Crippen molar-refractivity contribution < 1.29 is 14.3 Å². The monoisotopic (exact) mass is 459 g/mol. The Morgan fingerprint density at radius 3 is 2.83 bits per heavy atom. The van der Waals surface area contributed by atoms with Crippen molar-refractivity contribution in [1.82, 2.24) is 10.3 Å². The molecule has 0 bridgehead atoms. The lowest BCUT2D eigenvalue weighted by Crippen LogP contribution is -2.34. The highest BCUT2D eigenvalue weighted by Crippen LogP contribution is 2.26. The van der Waals surface area contributed by atoms with Crippen LogP contribution in [0.4, 0.5) is 11.5 Å². The molecule has 0 saturated carbocycles. The molecule has 154 valence electrons. The van der Waals surface area contributed by atoms with E-state index < -0.39 is 0 Å². The van der Waals surface area contributed by atoms with E-state index in [1.54, 1.807) is 6.20 Å². The highest BCUT2D eigenvalue weighted by molar-refractivity contribution is 9.10. The third kappa shape index (κ3) is 5.56. The van der Waals surface area contributed by atoms with Crippen LogP contribution in [0.3, 0.4) is 0 Å². The fourth-order valence-corrected chi connectivity index (χ4v) is 3.57. The average Bonchev–Trinajstić information content (AvgIpc) is 2.69. The van der Waals surface area contributed by atoms with Gasteiger partial charge < -0.3 is 15.4 Å². The summed E-state index contributed by atoms with van der Waals surface area (Å²) in [4.78, 5) is 28.6. The molecule has 1 amide bonds. The molecular formula is C22H26BrN3O3. The summed E-state index contributed by atoms with van der Waals surface area (Å²) in [5.74, 6) is 0.625. The van der Waals surface area contributed by atoms with Crippen LogP contribution in [0.5, 0.6) is 0 Å². The van der Waals surface area contributed by atoms with Crippen molar-refractivity contribution in [3.05, 3.63) is 51.6 Å². The lowest BCUT2D eigenvalue weighted by Gasteiger charge is -2.22. The molecule has 0 aliphatic carbocycles. The predicted molar refractivity (Wildman–Crippen MR) is 117 cm³/mol. The predicted octanol–water partition coefficient (Wildman–Crippen LogP) is 4.70. The van der Waals surface area contributed by atoms with E-state index in [0.29, 0.717) is 31.0 Å². The molecule has 1 aliphatic heterocycles. The van der Waals surface area contributed by atoms with Crippen molar-refractivity contribution in [2.75, 3.05) is 18.5 Å². The molecule has 1 aromatic carbocycles. The molecule has 1 saturated heterocycles. The fourth-order valence-electron chi connectivity index (χ4n) is 3.32. The van der Waals surface area contributed by atoms with Crippen molar-refractivity contribution in [1.29, 1.82) is 0 Å². The van der Waals surface area contributed by atoms with Gasteiger partial charge in [-0.1, -0.05) is 29.8 Å². The van der Waals surface area contributed by atoms with Gasteiger partial charge in [-0.25, -0.2) is 4.98 Å². The lowest BCUT2D eigenvalue weighted by atomic mass is 9.97. The SMILES string of the molecule is Cc1cc(Nc2cc(C(C)C)c(C(=O)NCC3CCOC(=O)C3)cn2)ccc1Br. The van der Waals surface area contributed by atoms with E-state index in [0.717, 1.165) is 27.7 Å². The van der Waals surface area contributed by atoms with Gasteiger partial charge >= 0.3 is 5.97 Å². The number of aryl methyl sites for hydroxylation is 1. The lowest BCUT2D eigenvalue weighted by molar-refractivity contribution is -0.149. The van der Waals surface area contributed by atoms with E-state index >= 15 is 0 Å². The summed E-state index contributed by atoms with van der Waals surface area (Å²) in [6, 6.07) is 7.93. The highest BCUT2D eigenvalue weighted by atomic mass is 79.9. The van der Waals surface area contributed by atoms with Crippen molar-refractivity contribution in [3.8, 4) is 0 Å². The largest absolute Gasteiger partial charge is 0.466 e. The first-order chi connectivity index (χ1) is 13.8. The molecule has 2 aromatic rings. The maximum absolute atomic E-state index is 12.8. The molecule has 3 rings (SSSR count). The number of benzene rings is 1. The van der Waals surface area contributed by atoms with Crippen LogP contribution in [0, 0.1) is 12.8 Å². The standard InChI is InChI=1S/C22H26BrN3O3/c1-13(2)17-10-20(26-16-4-5-19(23)14(3)8-16)24-12-18(17)22(28)25-11-15-6-7-29-21(27)9-15/h4-5,8,10,12-13,15H,6-7,9,11H2,1-3H3,(H,24,26)(H,25,28). The number of nitrogens with zero attached hydrogens (tertiary/aromatic N) is 1. The van der Waals surface area contributed by atoms with Gasteiger partial charge in [-0.05, 0) is 60.6 Å². The van der Waals surface area contributed by atoms with E-state index in [4.69, 9.17) is 4.74 Å². The fraction of sp³-hybridized carbons (Fsp3) is 0.409. The van der Waals surface area contributed by atoms with Gasteiger partial charge in [0.2, 0.25) is 0 Å². The number of amides is 1. The number of pyridine rings is 1. The number of aromatic nitrogens is 1. The van der Waals surface area contributed by atoms with Gasteiger partial charge in [-0.3, -0.25) is 9.59 Å². The number of carbonyl (C=O) groups excluding carboxylic acids is 2. The number of rotatable bonds is 6. The quantitative estimate of drug-likeness (QED) is 0.611. The van der Waals surface area contributed by atoms with Crippen LogP contribution in [0.2, 0.25) is 0 Å².